The highest BCUT2D eigenvalue weighted by molar-refractivity contribution is 7.92. The number of esters is 1. The van der Waals surface area contributed by atoms with E-state index >= 15 is 0 Å². The number of benzene rings is 4. The van der Waals surface area contributed by atoms with Gasteiger partial charge < -0.3 is 15.0 Å². The second kappa shape index (κ2) is 12.7. The fourth-order valence-electron chi connectivity index (χ4n) is 4.70. The number of alkyl halides is 3. The van der Waals surface area contributed by atoms with Crippen LogP contribution < -0.4 is 5.73 Å². The first kappa shape index (κ1) is 32.2. The molecule has 1 atom stereocenters. The molecule has 0 aliphatic carbocycles. The molecule has 1 heterocycles. The Morgan fingerprint density at radius 3 is 2.27 bits per heavy atom. The van der Waals surface area contributed by atoms with Gasteiger partial charge in [0.2, 0.25) is 0 Å². The molecule has 2 N–H and O–H groups in total. The van der Waals surface area contributed by atoms with Crippen LogP contribution in [0.3, 0.4) is 0 Å². The van der Waals surface area contributed by atoms with Crippen LogP contribution in [0.15, 0.2) is 102 Å². The topological polar surface area (TPSA) is 104 Å². The lowest BCUT2D eigenvalue weighted by molar-refractivity contribution is -0.0436. The molecular formula is C32H24Cl2F3N3O4S. The van der Waals surface area contributed by atoms with Crippen LogP contribution in [0.5, 0.6) is 0 Å². The Labute approximate surface area is 266 Å². The lowest BCUT2D eigenvalue weighted by Crippen LogP contribution is -2.23. The third kappa shape index (κ3) is 6.76. The fraction of sp³-hybridized carbons (Fsp3) is 0.125. The molecule has 0 radical (unpaired) electrons. The molecule has 232 valence electrons. The van der Waals surface area contributed by atoms with Crippen molar-refractivity contribution in [1.29, 1.82) is 0 Å². The molecule has 0 spiro atoms. The van der Waals surface area contributed by atoms with Gasteiger partial charge in [-0.05, 0) is 64.7 Å². The van der Waals surface area contributed by atoms with E-state index in [4.69, 9.17) is 38.7 Å². The summed E-state index contributed by atoms with van der Waals surface area (Å²) in [6, 6.07) is 22.5. The van der Waals surface area contributed by atoms with Gasteiger partial charge in [0.05, 0.1) is 34.3 Å². The van der Waals surface area contributed by atoms with E-state index in [0.717, 1.165) is 17.7 Å². The predicted molar refractivity (Wildman–Crippen MR) is 166 cm³/mol. The molecule has 0 bridgehead atoms. The highest BCUT2D eigenvalue weighted by Gasteiger charge is 2.46. The van der Waals surface area contributed by atoms with Gasteiger partial charge in [0.1, 0.15) is 5.82 Å². The van der Waals surface area contributed by atoms with Crippen LogP contribution in [-0.4, -0.2) is 36.6 Å². The van der Waals surface area contributed by atoms with Crippen LogP contribution >= 0.6 is 23.2 Å². The van der Waals surface area contributed by atoms with Gasteiger partial charge in [-0.2, -0.15) is 13.2 Å². The molecule has 4 aromatic carbocycles. The number of nitrogens with zero attached hydrogens (tertiary/aromatic N) is 2. The van der Waals surface area contributed by atoms with Crippen molar-refractivity contribution in [2.45, 2.75) is 23.0 Å². The number of hydrogen-bond acceptors (Lipinski definition) is 6. The van der Waals surface area contributed by atoms with E-state index in [1.165, 1.54) is 19.2 Å². The molecule has 0 aliphatic heterocycles. The molecule has 5 rings (SSSR count). The third-order valence-electron chi connectivity index (χ3n) is 7.07. The number of sulfone groups is 1. The number of carbonyl (C=O) groups excluding carboxylic acids is 1. The number of ether oxygens (including phenoxy) is 1. The van der Waals surface area contributed by atoms with E-state index in [1.807, 2.05) is 4.57 Å². The number of hydrogen-bond donors (Lipinski definition) is 1. The number of carbonyl (C=O) groups is 1. The summed E-state index contributed by atoms with van der Waals surface area (Å²) in [4.78, 5) is 15.8. The highest BCUT2D eigenvalue weighted by Crippen LogP contribution is 2.34. The number of rotatable bonds is 8. The Balaban J connectivity index is 1.49. The Morgan fingerprint density at radius 2 is 1.64 bits per heavy atom. The normalized spacial score (nSPS) is 12.6. The maximum Gasteiger partial charge on any atom is 0.501 e. The Bertz CT molecular complexity index is 1980. The van der Waals surface area contributed by atoms with Crippen molar-refractivity contribution < 1.29 is 31.1 Å². The lowest BCUT2D eigenvalue weighted by atomic mass is 10.0. The predicted octanol–water partition coefficient (Wildman–Crippen LogP) is 7.70. The van der Waals surface area contributed by atoms with Gasteiger partial charge >= 0.3 is 11.5 Å². The summed E-state index contributed by atoms with van der Waals surface area (Å²) in [5.74, 6) is 0.0304. The monoisotopic (exact) mass is 673 g/mol. The molecule has 1 unspecified atom stereocenters. The summed E-state index contributed by atoms with van der Waals surface area (Å²) >= 11 is 12.6. The average Bonchev–Trinajstić information content (AvgIpc) is 3.43. The van der Waals surface area contributed by atoms with E-state index in [-0.39, 0.29) is 5.56 Å². The van der Waals surface area contributed by atoms with Gasteiger partial charge in [-0.1, -0.05) is 71.7 Å². The van der Waals surface area contributed by atoms with Gasteiger partial charge in [0.15, 0.2) is 0 Å². The van der Waals surface area contributed by atoms with Crippen LogP contribution in [0.4, 0.5) is 13.2 Å². The quantitative estimate of drug-likeness (QED) is 0.169. The Morgan fingerprint density at radius 1 is 0.956 bits per heavy atom. The standard InChI is InChI=1S/C32H24Cl2F3N3O4S/c1-44-31(41)22-7-5-19(6-8-22)17-40-18-28(26-14-13-24(33)16-27(26)34)39-30(40)29(38)21-11-9-20(10-12-21)23-3-2-4-25(15-23)45(42,43)32(35,36)37/h2-16,18,29H,17,38H2,1H3. The first-order chi connectivity index (χ1) is 21.3. The summed E-state index contributed by atoms with van der Waals surface area (Å²) < 4.78 is 69.8. The number of imidazole rings is 1. The first-order valence-electron chi connectivity index (χ1n) is 13.3. The Kier molecular flexibility index (Phi) is 9.09. The summed E-state index contributed by atoms with van der Waals surface area (Å²) in [6.45, 7) is 0.348. The summed E-state index contributed by atoms with van der Waals surface area (Å²) in [6.07, 6.45) is 1.81. The number of aromatic nitrogens is 2. The first-order valence-corrected chi connectivity index (χ1v) is 15.5. The second-order valence-corrected chi connectivity index (χ2v) is 12.8. The number of methoxy groups -OCH3 is 1. The summed E-state index contributed by atoms with van der Waals surface area (Å²) in [5.41, 5.74) is 5.17. The molecule has 0 fully saturated rings. The molecular weight excluding hydrogens is 650 g/mol. The van der Waals surface area contributed by atoms with Crippen LogP contribution in [0.1, 0.15) is 33.4 Å². The smallest absolute Gasteiger partial charge is 0.465 e. The average molecular weight is 675 g/mol. The van der Waals surface area contributed by atoms with Gasteiger partial charge in [0.25, 0.3) is 9.84 Å². The van der Waals surface area contributed by atoms with Crippen molar-refractivity contribution in [3.8, 4) is 22.4 Å². The molecule has 0 aliphatic rings. The number of nitrogens with two attached hydrogens (primary N) is 1. The molecule has 1 aromatic heterocycles. The summed E-state index contributed by atoms with van der Waals surface area (Å²) in [5, 5.41) is 0.862. The van der Waals surface area contributed by atoms with E-state index in [1.54, 1.807) is 72.9 Å². The van der Waals surface area contributed by atoms with Crippen molar-refractivity contribution in [3.63, 3.8) is 0 Å². The van der Waals surface area contributed by atoms with Crippen LogP contribution in [0.2, 0.25) is 10.0 Å². The molecule has 13 heteroatoms. The summed E-state index contributed by atoms with van der Waals surface area (Å²) in [7, 11) is -4.19. The zero-order chi connectivity index (χ0) is 32.5. The molecule has 45 heavy (non-hydrogen) atoms. The van der Waals surface area contributed by atoms with Gasteiger partial charge in [-0.15, -0.1) is 0 Å². The molecule has 7 nitrogen and oxygen atoms in total. The zero-order valence-corrected chi connectivity index (χ0v) is 25.8. The maximum atomic E-state index is 13.1. The molecule has 0 saturated heterocycles. The molecule has 0 amide bonds. The van der Waals surface area contributed by atoms with Crippen molar-refractivity contribution in [2.24, 2.45) is 5.73 Å². The zero-order valence-electron chi connectivity index (χ0n) is 23.4. The minimum absolute atomic E-state index is 0.289. The van der Waals surface area contributed by atoms with Crippen molar-refractivity contribution in [3.05, 3.63) is 130 Å². The third-order valence-corrected chi connectivity index (χ3v) is 9.10. The molecule has 0 saturated carbocycles. The van der Waals surface area contributed by atoms with Crippen LogP contribution in [-0.2, 0) is 21.1 Å². The maximum absolute atomic E-state index is 13.1. The van der Waals surface area contributed by atoms with Crippen molar-refractivity contribution in [2.75, 3.05) is 7.11 Å². The highest BCUT2D eigenvalue weighted by atomic mass is 35.5. The second-order valence-electron chi connectivity index (χ2n) is 10.0. The van der Waals surface area contributed by atoms with E-state index < -0.39 is 32.3 Å². The van der Waals surface area contributed by atoms with E-state index in [9.17, 15) is 26.4 Å². The van der Waals surface area contributed by atoms with Crippen molar-refractivity contribution in [1.82, 2.24) is 9.55 Å². The van der Waals surface area contributed by atoms with E-state index in [2.05, 4.69) is 0 Å². The lowest BCUT2D eigenvalue weighted by Gasteiger charge is -2.16. The largest absolute Gasteiger partial charge is 0.501 e. The minimum atomic E-state index is -5.50. The fourth-order valence-corrected chi connectivity index (χ4v) is 6.01. The van der Waals surface area contributed by atoms with Gasteiger partial charge in [0, 0.05) is 23.3 Å². The minimum Gasteiger partial charge on any atom is -0.465 e. The number of halogens is 5. The molecule has 5 aromatic rings. The van der Waals surface area contributed by atoms with Crippen molar-refractivity contribution >= 4 is 39.0 Å². The van der Waals surface area contributed by atoms with Crippen LogP contribution in [0.25, 0.3) is 22.4 Å². The van der Waals surface area contributed by atoms with Gasteiger partial charge in [-0.3, -0.25) is 0 Å². The van der Waals surface area contributed by atoms with E-state index in [0.29, 0.717) is 50.4 Å². The van der Waals surface area contributed by atoms with Gasteiger partial charge in [-0.25, -0.2) is 18.2 Å². The Hall–Kier alpha value is -4.16. The van der Waals surface area contributed by atoms with Crippen LogP contribution in [0, 0.1) is 0 Å². The SMILES string of the molecule is COC(=O)c1ccc(Cn2cc(-c3ccc(Cl)cc3Cl)nc2C(N)c2ccc(-c3cccc(S(=O)(=O)C(F)(F)F)c3)cc2)cc1.